The molecular formula is C23H27NO5. The zero-order valence-electron chi connectivity index (χ0n) is 17.1. The van der Waals surface area contributed by atoms with E-state index in [0.29, 0.717) is 41.9 Å². The Morgan fingerprint density at radius 2 is 1.55 bits per heavy atom. The van der Waals surface area contributed by atoms with Gasteiger partial charge in [-0.1, -0.05) is 6.07 Å². The Kier molecular flexibility index (Phi) is 6.89. The Balaban J connectivity index is 1.68. The van der Waals surface area contributed by atoms with Crippen molar-refractivity contribution >= 4 is 11.8 Å². The van der Waals surface area contributed by atoms with Gasteiger partial charge in [-0.25, -0.2) is 0 Å². The van der Waals surface area contributed by atoms with Gasteiger partial charge in [-0.05, 0) is 60.4 Å². The molecule has 2 aromatic rings. The Morgan fingerprint density at radius 1 is 0.862 bits per heavy atom. The number of rotatable bonds is 10. The van der Waals surface area contributed by atoms with E-state index in [1.54, 1.807) is 21.3 Å². The lowest BCUT2D eigenvalue weighted by molar-refractivity contribution is 0.175. The van der Waals surface area contributed by atoms with Gasteiger partial charge < -0.3 is 29.4 Å². The third-order valence-corrected chi connectivity index (χ3v) is 4.47. The van der Waals surface area contributed by atoms with Gasteiger partial charge in [0.15, 0.2) is 23.0 Å². The van der Waals surface area contributed by atoms with Crippen molar-refractivity contribution in [2.24, 2.45) is 5.73 Å². The maximum Gasteiger partial charge on any atom is 0.161 e. The molecule has 0 aliphatic heterocycles. The van der Waals surface area contributed by atoms with Crippen LogP contribution < -0.4 is 24.7 Å². The lowest BCUT2D eigenvalue weighted by Gasteiger charge is -2.12. The first-order chi connectivity index (χ1) is 14.1. The van der Waals surface area contributed by atoms with E-state index >= 15 is 0 Å². The van der Waals surface area contributed by atoms with Crippen molar-refractivity contribution in [3.63, 3.8) is 0 Å². The SMILES string of the molecule is COc1ccc(/C(N)=C/c2ccc(OCCOC=C3CC3)c(OC)c2)cc1OC. The highest BCUT2D eigenvalue weighted by Gasteiger charge is 2.11. The number of allylic oxidation sites excluding steroid dienone is 1. The van der Waals surface area contributed by atoms with Gasteiger partial charge in [0.05, 0.1) is 27.6 Å². The molecule has 0 atom stereocenters. The second kappa shape index (κ2) is 9.78. The summed E-state index contributed by atoms with van der Waals surface area (Å²) in [6.07, 6.45) is 6.00. The van der Waals surface area contributed by atoms with Crippen LogP contribution in [0.15, 0.2) is 48.2 Å². The summed E-state index contributed by atoms with van der Waals surface area (Å²) in [5.41, 5.74) is 9.97. The van der Waals surface area contributed by atoms with Crippen LogP contribution in [-0.4, -0.2) is 34.5 Å². The second-order valence-corrected chi connectivity index (χ2v) is 6.58. The number of benzene rings is 2. The average Bonchev–Trinajstić information content (AvgIpc) is 3.58. The zero-order chi connectivity index (χ0) is 20.6. The summed E-state index contributed by atoms with van der Waals surface area (Å²) in [5, 5.41) is 0. The van der Waals surface area contributed by atoms with Crippen LogP contribution in [0.1, 0.15) is 24.0 Å². The second-order valence-electron chi connectivity index (χ2n) is 6.58. The summed E-state index contributed by atoms with van der Waals surface area (Å²) in [4.78, 5) is 0. The van der Waals surface area contributed by atoms with Crippen LogP contribution in [0.2, 0.25) is 0 Å². The van der Waals surface area contributed by atoms with Crippen molar-refractivity contribution in [1.29, 1.82) is 0 Å². The number of hydrogen-bond donors (Lipinski definition) is 1. The van der Waals surface area contributed by atoms with Crippen molar-refractivity contribution in [1.82, 2.24) is 0 Å². The van der Waals surface area contributed by atoms with Gasteiger partial charge in [0.2, 0.25) is 0 Å². The van der Waals surface area contributed by atoms with Crippen molar-refractivity contribution in [2.45, 2.75) is 12.8 Å². The molecule has 0 amide bonds. The van der Waals surface area contributed by atoms with E-state index in [9.17, 15) is 0 Å². The van der Waals surface area contributed by atoms with Gasteiger partial charge in [0, 0.05) is 11.3 Å². The molecule has 0 radical (unpaired) electrons. The minimum Gasteiger partial charge on any atom is -0.498 e. The van der Waals surface area contributed by atoms with E-state index in [1.165, 1.54) is 5.57 Å². The van der Waals surface area contributed by atoms with Crippen LogP contribution >= 0.6 is 0 Å². The fourth-order valence-electron chi connectivity index (χ4n) is 2.74. The highest BCUT2D eigenvalue weighted by molar-refractivity contribution is 5.80. The minimum atomic E-state index is 0.448. The molecule has 2 N–H and O–H groups in total. The fourth-order valence-corrected chi connectivity index (χ4v) is 2.74. The van der Waals surface area contributed by atoms with Crippen molar-refractivity contribution in [3.8, 4) is 23.0 Å². The zero-order valence-corrected chi connectivity index (χ0v) is 17.1. The summed E-state index contributed by atoms with van der Waals surface area (Å²) in [6, 6.07) is 11.2. The van der Waals surface area contributed by atoms with Crippen LogP contribution in [-0.2, 0) is 4.74 Å². The van der Waals surface area contributed by atoms with Crippen LogP contribution in [0.5, 0.6) is 23.0 Å². The smallest absolute Gasteiger partial charge is 0.161 e. The van der Waals surface area contributed by atoms with Crippen LogP contribution in [0.25, 0.3) is 11.8 Å². The Hall–Kier alpha value is -3.28. The van der Waals surface area contributed by atoms with Gasteiger partial charge in [-0.15, -0.1) is 0 Å². The van der Waals surface area contributed by atoms with E-state index in [0.717, 1.165) is 24.0 Å². The standard InChI is InChI=1S/C23H27NO5/c1-25-20-9-7-18(14-23(20)27-3)19(24)12-17-6-8-21(22(13-17)26-2)29-11-10-28-15-16-4-5-16/h6-9,12-15H,4-5,10-11,24H2,1-3H3/b19-12-. The molecule has 0 spiro atoms. The largest absolute Gasteiger partial charge is 0.498 e. The number of ether oxygens (including phenoxy) is 5. The molecule has 0 saturated heterocycles. The summed E-state index contributed by atoms with van der Waals surface area (Å²) >= 11 is 0. The average molecular weight is 397 g/mol. The molecule has 6 nitrogen and oxygen atoms in total. The highest BCUT2D eigenvalue weighted by Crippen LogP contribution is 2.32. The first-order valence-electron chi connectivity index (χ1n) is 9.44. The topological polar surface area (TPSA) is 72.2 Å². The summed E-state index contributed by atoms with van der Waals surface area (Å²) in [7, 11) is 4.81. The van der Waals surface area contributed by atoms with Crippen molar-refractivity contribution in [3.05, 3.63) is 59.4 Å². The van der Waals surface area contributed by atoms with Crippen molar-refractivity contribution in [2.75, 3.05) is 34.5 Å². The molecule has 2 aromatic carbocycles. The Labute approximate surface area is 171 Å². The third-order valence-electron chi connectivity index (χ3n) is 4.47. The quantitative estimate of drug-likeness (QED) is 0.367. The monoisotopic (exact) mass is 397 g/mol. The van der Waals surface area contributed by atoms with Gasteiger partial charge in [0.1, 0.15) is 13.2 Å². The van der Waals surface area contributed by atoms with Crippen LogP contribution in [0.4, 0.5) is 0 Å². The molecule has 154 valence electrons. The van der Waals surface area contributed by atoms with E-state index < -0.39 is 0 Å². The van der Waals surface area contributed by atoms with Gasteiger partial charge in [-0.3, -0.25) is 0 Å². The molecule has 1 aliphatic rings. The summed E-state index contributed by atoms with van der Waals surface area (Å²) < 4.78 is 27.3. The number of methoxy groups -OCH3 is 3. The maximum absolute atomic E-state index is 6.29. The third kappa shape index (κ3) is 5.60. The van der Waals surface area contributed by atoms with E-state index in [4.69, 9.17) is 29.4 Å². The van der Waals surface area contributed by atoms with Gasteiger partial charge in [-0.2, -0.15) is 0 Å². The molecule has 1 fully saturated rings. The molecule has 1 saturated carbocycles. The molecule has 29 heavy (non-hydrogen) atoms. The Bertz CT molecular complexity index is 898. The maximum atomic E-state index is 6.29. The highest BCUT2D eigenvalue weighted by atomic mass is 16.5. The van der Waals surface area contributed by atoms with Crippen molar-refractivity contribution < 1.29 is 23.7 Å². The molecule has 0 aromatic heterocycles. The lowest BCUT2D eigenvalue weighted by atomic mass is 10.1. The number of hydrogen-bond acceptors (Lipinski definition) is 6. The van der Waals surface area contributed by atoms with E-state index in [2.05, 4.69) is 0 Å². The molecule has 0 heterocycles. The lowest BCUT2D eigenvalue weighted by Crippen LogP contribution is -2.05. The predicted octanol–water partition coefficient (Wildman–Crippen LogP) is 4.24. The molecule has 3 rings (SSSR count). The van der Waals surface area contributed by atoms with Crippen LogP contribution in [0, 0.1) is 0 Å². The van der Waals surface area contributed by atoms with Gasteiger partial charge in [0.25, 0.3) is 0 Å². The fraction of sp³-hybridized carbons (Fsp3) is 0.304. The first kappa shape index (κ1) is 20.5. The van der Waals surface area contributed by atoms with E-state index in [-0.39, 0.29) is 0 Å². The summed E-state index contributed by atoms with van der Waals surface area (Å²) in [6.45, 7) is 0.948. The molecule has 1 aliphatic carbocycles. The normalized spacial score (nSPS) is 12.9. The number of nitrogens with two attached hydrogens (primary N) is 1. The summed E-state index contributed by atoms with van der Waals surface area (Å²) in [5.74, 6) is 2.59. The molecular weight excluding hydrogens is 370 g/mol. The molecule has 6 heteroatoms. The predicted molar refractivity (Wildman–Crippen MR) is 113 cm³/mol. The van der Waals surface area contributed by atoms with Crippen LogP contribution in [0.3, 0.4) is 0 Å². The van der Waals surface area contributed by atoms with Gasteiger partial charge >= 0.3 is 0 Å². The van der Waals surface area contributed by atoms with E-state index in [1.807, 2.05) is 48.7 Å². The first-order valence-corrected chi connectivity index (χ1v) is 9.44. The molecule has 0 unspecified atom stereocenters. The minimum absolute atomic E-state index is 0.448. The molecule has 0 bridgehead atoms. The Morgan fingerprint density at radius 3 is 2.24 bits per heavy atom.